The van der Waals surface area contributed by atoms with E-state index in [2.05, 4.69) is 41.8 Å². The maximum atomic E-state index is 6.31. The van der Waals surface area contributed by atoms with Crippen molar-refractivity contribution in [1.29, 1.82) is 0 Å². The molecule has 0 spiro atoms. The Bertz CT molecular complexity index is 370. The van der Waals surface area contributed by atoms with Crippen molar-refractivity contribution in [3.8, 4) is 0 Å². The average Bonchev–Trinajstić information content (AvgIpc) is 2.65. The molecule has 2 N–H and O–H groups in total. The first kappa shape index (κ1) is 11.1. The SMILES string of the molecule is CCn1ncc(Br)c1C(N)C1CC1(C)C. The predicted octanol–water partition coefficient (Wildman–Crippen LogP) is 2.71. The normalized spacial score (nSPS) is 25.3. The highest BCUT2D eigenvalue weighted by Gasteiger charge is 2.50. The van der Waals surface area contributed by atoms with Crippen LogP contribution in [0, 0.1) is 11.3 Å². The van der Waals surface area contributed by atoms with Gasteiger partial charge in [-0.2, -0.15) is 5.10 Å². The van der Waals surface area contributed by atoms with E-state index in [4.69, 9.17) is 5.73 Å². The van der Waals surface area contributed by atoms with Crippen LogP contribution >= 0.6 is 15.9 Å². The zero-order valence-corrected chi connectivity index (χ0v) is 11.1. The van der Waals surface area contributed by atoms with Crippen molar-refractivity contribution < 1.29 is 0 Å². The van der Waals surface area contributed by atoms with Gasteiger partial charge >= 0.3 is 0 Å². The lowest BCUT2D eigenvalue weighted by Gasteiger charge is -2.15. The highest BCUT2D eigenvalue weighted by atomic mass is 79.9. The van der Waals surface area contributed by atoms with Crippen LogP contribution in [0.25, 0.3) is 0 Å². The minimum atomic E-state index is 0.108. The molecule has 1 aliphatic rings. The fourth-order valence-corrected chi connectivity index (χ4v) is 2.83. The van der Waals surface area contributed by atoms with Gasteiger partial charge in [-0.15, -0.1) is 0 Å². The van der Waals surface area contributed by atoms with Gasteiger partial charge in [0.15, 0.2) is 0 Å². The van der Waals surface area contributed by atoms with Gasteiger partial charge in [0.1, 0.15) is 0 Å². The third kappa shape index (κ3) is 1.85. The second-order valence-electron chi connectivity index (χ2n) is 5.02. The first-order valence-electron chi connectivity index (χ1n) is 5.44. The van der Waals surface area contributed by atoms with Crippen LogP contribution in [0.15, 0.2) is 10.7 Å². The monoisotopic (exact) mass is 271 g/mol. The molecule has 0 radical (unpaired) electrons. The summed E-state index contributed by atoms with van der Waals surface area (Å²) in [6, 6.07) is 0.108. The maximum absolute atomic E-state index is 6.31. The molecule has 1 heterocycles. The van der Waals surface area contributed by atoms with Crippen LogP contribution in [0.3, 0.4) is 0 Å². The molecule has 4 heteroatoms. The molecule has 15 heavy (non-hydrogen) atoms. The summed E-state index contributed by atoms with van der Waals surface area (Å²) in [5.74, 6) is 0.593. The summed E-state index contributed by atoms with van der Waals surface area (Å²) in [6.45, 7) is 7.52. The van der Waals surface area contributed by atoms with E-state index in [0.717, 1.165) is 16.7 Å². The number of halogens is 1. The Kier molecular flexibility index (Phi) is 2.67. The second-order valence-corrected chi connectivity index (χ2v) is 5.87. The summed E-state index contributed by atoms with van der Waals surface area (Å²) < 4.78 is 3.03. The van der Waals surface area contributed by atoms with E-state index in [1.54, 1.807) is 0 Å². The van der Waals surface area contributed by atoms with Crippen LogP contribution in [-0.2, 0) is 6.54 Å². The molecule has 2 unspecified atom stereocenters. The third-order valence-corrected chi connectivity index (χ3v) is 4.08. The van der Waals surface area contributed by atoms with E-state index in [1.165, 1.54) is 6.42 Å². The molecule has 1 aromatic rings. The molecular formula is C11H18BrN3. The van der Waals surface area contributed by atoms with E-state index in [0.29, 0.717) is 11.3 Å². The molecule has 1 fully saturated rings. The number of hydrogen-bond acceptors (Lipinski definition) is 2. The molecule has 0 aromatic carbocycles. The number of aryl methyl sites for hydroxylation is 1. The van der Waals surface area contributed by atoms with Crippen molar-refractivity contribution in [3.63, 3.8) is 0 Å². The first-order chi connectivity index (χ1) is 6.97. The Hall–Kier alpha value is -0.350. The van der Waals surface area contributed by atoms with Crippen molar-refractivity contribution in [3.05, 3.63) is 16.4 Å². The van der Waals surface area contributed by atoms with Crippen LogP contribution in [0.1, 0.15) is 38.9 Å². The number of nitrogens with zero attached hydrogens (tertiary/aromatic N) is 2. The molecule has 0 bridgehead atoms. The Morgan fingerprint density at radius 1 is 1.73 bits per heavy atom. The minimum absolute atomic E-state index is 0.108. The topological polar surface area (TPSA) is 43.8 Å². The number of hydrogen-bond donors (Lipinski definition) is 1. The zero-order chi connectivity index (χ0) is 11.2. The molecule has 0 amide bonds. The molecule has 1 saturated carbocycles. The van der Waals surface area contributed by atoms with Crippen LogP contribution < -0.4 is 5.73 Å². The first-order valence-corrected chi connectivity index (χ1v) is 6.23. The number of aromatic nitrogens is 2. The largest absolute Gasteiger partial charge is 0.322 e. The molecule has 0 saturated heterocycles. The Balaban J connectivity index is 2.25. The lowest BCUT2D eigenvalue weighted by atomic mass is 10.0. The van der Waals surface area contributed by atoms with Gasteiger partial charge in [0.2, 0.25) is 0 Å². The van der Waals surface area contributed by atoms with Gasteiger partial charge in [0.05, 0.1) is 22.4 Å². The highest BCUT2D eigenvalue weighted by molar-refractivity contribution is 9.10. The predicted molar refractivity (Wildman–Crippen MR) is 64.4 cm³/mol. The van der Waals surface area contributed by atoms with Gasteiger partial charge in [0, 0.05) is 6.54 Å². The molecule has 2 rings (SSSR count). The minimum Gasteiger partial charge on any atom is -0.322 e. The summed E-state index contributed by atoms with van der Waals surface area (Å²) in [5.41, 5.74) is 7.86. The van der Waals surface area contributed by atoms with Gasteiger partial charge in [0.25, 0.3) is 0 Å². The van der Waals surface area contributed by atoms with Crippen molar-refractivity contribution in [2.24, 2.45) is 17.1 Å². The van der Waals surface area contributed by atoms with Gasteiger partial charge in [-0.3, -0.25) is 4.68 Å². The van der Waals surface area contributed by atoms with Gasteiger partial charge in [-0.25, -0.2) is 0 Å². The van der Waals surface area contributed by atoms with Crippen LogP contribution in [-0.4, -0.2) is 9.78 Å². The van der Waals surface area contributed by atoms with E-state index in [-0.39, 0.29) is 6.04 Å². The lowest BCUT2D eigenvalue weighted by Crippen LogP contribution is -2.20. The Labute approximate surface area is 99.2 Å². The van der Waals surface area contributed by atoms with Crippen molar-refractivity contribution in [1.82, 2.24) is 9.78 Å². The molecule has 1 aromatic heterocycles. The molecule has 84 valence electrons. The number of nitrogens with two attached hydrogens (primary N) is 1. The molecule has 0 aliphatic heterocycles. The maximum Gasteiger partial charge on any atom is 0.0696 e. The molecular weight excluding hydrogens is 254 g/mol. The zero-order valence-electron chi connectivity index (χ0n) is 9.50. The number of rotatable bonds is 3. The fraction of sp³-hybridized carbons (Fsp3) is 0.727. The van der Waals surface area contributed by atoms with Crippen molar-refractivity contribution in [2.75, 3.05) is 0 Å². The fourth-order valence-electron chi connectivity index (χ4n) is 2.27. The second kappa shape index (κ2) is 3.59. The summed E-state index contributed by atoms with van der Waals surface area (Å²) in [7, 11) is 0. The lowest BCUT2D eigenvalue weighted by molar-refractivity contribution is 0.459. The Morgan fingerprint density at radius 3 is 2.80 bits per heavy atom. The molecule has 3 nitrogen and oxygen atoms in total. The van der Waals surface area contributed by atoms with Gasteiger partial charge in [-0.05, 0) is 40.6 Å². The molecule has 1 aliphatic carbocycles. The smallest absolute Gasteiger partial charge is 0.0696 e. The van der Waals surface area contributed by atoms with E-state index in [1.807, 2.05) is 10.9 Å². The summed E-state index contributed by atoms with van der Waals surface area (Å²) >= 11 is 3.53. The summed E-state index contributed by atoms with van der Waals surface area (Å²) in [4.78, 5) is 0. The van der Waals surface area contributed by atoms with Crippen molar-refractivity contribution >= 4 is 15.9 Å². The van der Waals surface area contributed by atoms with E-state index < -0.39 is 0 Å². The quantitative estimate of drug-likeness (QED) is 0.919. The van der Waals surface area contributed by atoms with Gasteiger partial charge < -0.3 is 5.73 Å². The average molecular weight is 272 g/mol. The van der Waals surface area contributed by atoms with Gasteiger partial charge in [-0.1, -0.05) is 13.8 Å². The highest BCUT2D eigenvalue weighted by Crippen LogP contribution is 2.57. The van der Waals surface area contributed by atoms with Crippen LogP contribution in [0.5, 0.6) is 0 Å². The molecule has 2 atom stereocenters. The summed E-state index contributed by atoms with van der Waals surface area (Å²) in [5, 5.41) is 4.30. The summed E-state index contributed by atoms with van der Waals surface area (Å²) in [6.07, 6.45) is 3.06. The Morgan fingerprint density at radius 2 is 2.33 bits per heavy atom. The van der Waals surface area contributed by atoms with E-state index >= 15 is 0 Å². The third-order valence-electron chi connectivity index (χ3n) is 3.47. The van der Waals surface area contributed by atoms with Crippen LogP contribution in [0.2, 0.25) is 0 Å². The van der Waals surface area contributed by atoms with E-state index in [9.17, 15) is 0 Å². The standard InChI is InChI=1S/C11H18BrN3/c1-4-15-10(8(12)6-14-15)9(13)7-5-11(7,2)3/h6-7,9H,4-5,13H2,1-3H3. The van der Waals surface area contributed by atoms with Crippen molar-refractivity contribution in [2.45, 2.75) is 39.8 Å². The van der Waals surface area contributed by atoms with Crippen LogP contribution in [0.4, 0.5) is 0 Å².